The molecule has 33 heavy (non-hydrogen) atoms. The number of hydrogen-bond donors (Lipinski definition) is 2. The van der Waals surface area contributed by atoms with Crippen LogP contribution in [0.2, 0.25) is 0 Å². The largest absolute Gasteiger partial charge is 0.495 e. The van der Waals surface area contributed by atoms with Gasteiger partial charge in [0.1, 0.15) is 10.8 Å². The van der Waals surface area contributed by atoms with Crippen LogP contribution in [-0.4, -0.2) is 76.2 Å². The number of nitrogens with zero attached hydrogens (tertiary/aromatic N) is 2. The number of rotatable bonds is 8. The number of carbonyl (C=O) groups is 3. The highest BCUT2D eigenvalue weighted by Crippen LogP contribution is 2.34. The highest BCUT2D eigenvalue weighted by Gasteiger charge is 2.27. The van der Waals surface area contributed by atoms with Gasteiger partial charge in [-0.15, -0.1) is 11.3 Å². The van der Waals surface area contributed by atoms with Crippen LogP contribution in [0.1, 0.15) is 32.5 Å². The zero-order valence-electron chi connectivity index (χ0n) is 19.4. The molecule has 1 aliphatic heterocycles. The normalized spacial score (nSPS) is 14.0. The first kappa shape index (κ1) is 24.5. The van der Waals surface area contributed by atoms with Crippen molar-refractivity contribution in [2.45, 2.75) is 13.8 Å². The lowest BCUT2D eigenvalue weighted by Gasteiger charge is -2.36. The molecule has 0 bridgehead atoms. The number of esters is 1. The van der Waals surface area contributed by atoms with Crippen molar-refractivity contribution >= 4 is 39.8 Å². The third-order valence-electron chi connectivity index (χ3n) is 5.48. The minimum atomic E-state index is -0.554. The van der Waals surface area contributed by atoms with Crippen molar-refractivity contribution in [1.29, 1.82) is 0 Å². The molecule has 1 aromatic heterocycles. The molecule has 9 nitrogen and oxygen atoms in total. The Morgan fingerprint density at radius 3 is 2.45 bits per heavy atom. The predicted octanol–water partition coefficient (Wildman–Crippen LogP) is 2.36. The smallest absolute Gasteiger partial charge is 0.341 e. The van der Waals surface area contributed by atoms with Gasteiger partial charge in [-0.3, -0.25) is 14.5 Å². The minimum absolute atomic E-state index is 0.189. The molecule has 178 valence electrons. The van der Waals surface area contributed by atoms with Crippen molar-refractivity contribution in [3.8, 4) is 5.75 Å². The van der Waals surface area contributed by atoms with Crippen molar-refractivity contribution in [2.75, 3.05) is 63.7 Å². The molecule has 2 N–H and O–H groups in total. The first-order chi connectivity index (χ1) is 15.9. The number of benzene rings is 1. The van der Waals surface area contributed by atoms with E-state index in [1.165, 1.54) is 7.05 Å². The lowest BCUT2D eigenvalue weighted by molar-refractivity contribution is -0.117. The van der Waals surface area contributed by atoms with Crippen LogP contribution in [0.4, 0.5) is 10.7 Å². The van der Waals surface area contributed by atoms with Crippen LogP contribution in [0, 0.1) is 6.92 Å². The third kappa shape index (κ3) is 5.63. The Bertz CT molecular complexity index is 1010. The second-order valence-electron chi connectivity index (χ2n) is 7.54. The predicted molar refractivity (Wildman–Crippen MR) is 129 cm³/mol. The van der Waals surface area contributed by atoms with Gasteiger partial charge in [0.05, 0.1) is 36.4 Å². The average Bonchev–Trinajstić information content (AvgIpc) is 3.14. The standard InChI is InChI=1S/C23H30N4O5S/c1-5-32-23(30)19-15(2)20(21(29)24-3)33-22(19)25-18(28)14-26-10-12-27(13-11-26)16-8-6-7-9-17(16)31-4/h6-9H,5,10-14H2,1-4H3,(H,24,29)(H,25,28). The summed E-state index contributed by atoms with van der Waals surface area (Å²) in [5.41, 5.74) is 1.77. The number of methoxy groups -OCH3 is 1. The number of carbonyl (C=O) groups excluding carboxylic acids is 3. The zero-order valence-corrected chi connectivity index (χ0v) is 20.2. The van der Waals surface area contributed by atoms with Crippen LogP contribution >= 0.6 is 11.3 Å². The van der Waals surface area contributed by atoms with Gasteiger partial charge >= 0.3 is 5.97 Å². The Morgan fingerprint density at radius 1 is 1.12 bits per heavy atom. The van der Waals surface area contributed by atoms with Gasteiger partial charge in [-0.05, 0) is 31.5 Å². The number of thiophene rings is 1. The van der Waals surface area contributed by atoms with Gasteiger partial charge in [0.2, 0.25) is 5.91 Å². The Morgan fingerprint density at radius 2 is 1.82 bits per heavy atom. The third-order valence-corrected chi connectivity index (χ3v) is 6.68. The van der Waals surface area contributed by atoms with E-state index in [0.29, 0.717) is 28.5 Å². The van der Waals surface area contributed by atoms with Crippen molar-refractivity contribution < 1.29 is 23.9 Å². The zero-order chi connectivity index (χ0) is 24.0. The summed E-state index contributed by atoms with van der Waals surface area (Å²) < 4.78 is 10.6. The lowest BCUT2D eigenvalue weighted by atomic mass is 10.1. The molecule has 3 rings (SSSR count). The highest BCUT2D eigenvalue weighted by atomic mass is 32.1. The van der Waals surface area contributed by atoms with Gasteiger partial charge in [-0.25, -0.2) is 4.79 Å². The number of anilines is 2. The highest BCUT2D eigenvalue weighted by molar-refractivity contribution is 7.18. The summed E-state index contributed by atoms with van der Waals surface area (Å²) in [7, 11) is 3.18. The Hall–Kier alpha value is -3.11. The van der Waals surface area contributed by atoms with Crippen LogP contribution in [-0.2, 0) is 9.53 Å². The van der Waals surface area contributed by atoms with E-state index in [1.54, 1.807) is 21.0 Å². The summed E-state index contributed by atoms with van der Waals surface area (Å²) in [4.78, 5) is 42.1. The summed E-state index contributed by atoms with van der Waals surface area (Å²) in [6, 6.07) is 7.89. The number of para-hydroxylation sites is 2. The van der Waals surface area contributed by atoms with Gasteiger partial charge < -0.3 is 25.0 Å². The van der Waals surface area contributed by atoms with Gasteiger partial charge in [-0.1, -0.05) is 12.1 Å². The van der Waals surface area contributed by atoms with Crippen molar-refractivity contribution in [1.82, 2.24) is 10.2 Å². The molecule has 10 heteroatoms. The van der Waals surface area contributed by atoms with Crippen molar-refractivity contribution in [2.24, 2.45) is 0 Å². The first-order valence-electron chi connectivity index (χ1n) is 10.8. The first-order valence-corrected chi connectivity index (χ1v) is 11.6. The molecular formula is C23H30N4O5S. The summed E-state index contributed by atoms with van der Waals surface area (Å²) in [6.45, 7) is 6.73. The second kappa shape index (κ2) is 11.2. The van der Waals surface area contributed by atoms with E-state index in [1.807, 2.05) is 24.3 Å². The molecule has 1 aromatic carbocycles. The Kier molecular flexibility index (Phi) is 8.29. The number of amides is 2. The SMILES string of the molecule is CCOC(=O)c1c(NC(=O)CN2CCN(c3ccccc3OC)CC2)sc(C(=O)NC)c1C. The number of nitrogens with one attached hydrogen (secondary N) is 2. The van der Waals surface area contributed by atoms with Crippen molar-refractivity contribution in [3.63, 3.8) is 0 Å². The fourth-order valence-corrected chi connectivity index (χ4v) is 4.95. The topological polar surface area (TPSA) is 100 Å². The minimum Gasteiger partial charge on any atom is -0.495 e. The summed E-state index contributed by atoms with van der Waals surface area (Å²) in [5.74, 6) is -0.274. The Labute approximate surface area is 197 Å². The van der Waals surface area contributed by atoms with Gasteiger partial charge in [0.15, 0.2) is 0 Å². The van der Waals surface area contributed by atoms with E-state index < -0.39 is 5.97 Å². The fraction of sp³-hybridized carbons (Fsp3) is 0.435. The van der Waals surface area contributed by atoms with Crippen LogP contribution in [0.15, 0.2) is 24.3 Å². The van der Waals surface area contributed by atoms with Gasteiger partial charge in [0, 0.05) is 33.2 Å². The van der Waals surface area contributed by atoms with Gasteiger partial charge in [-0.2, -0.15) is 0 Å². The quantitative estimate of drug-likeness (QED) is 0.567. The maximum atomic E-state index is 12.8. The maximum Gasteiger partial charge on any atom is 0.341 e. The molecule has 2 amide bonds. The average molecular weight is 475 g/mol. The molecule has 0 saturated carbocycles. The molecule has 2 aromatic rings. The monoisotopic (exact) mass is 474 g/mol. The molecule has 1 aliphatic rings. The number of hydrogen-bond acceptors (Lipinski definition) is 8. The molecule has 1 saturated heterocycles. The Balaban J connectivity index is 1.65. The number of piperazine rings is 1. The fourth-order valence-electron chi connectivity index (χ4n) is 3.79. The number of ether oxygens (including phenoxy) is 2. The van der Waals surface area contributed by atoms with Crippen LogP contribution < -0.4 is 20.3 Å². The van der Waals surface area contributed by atoms with E-state index in [4.69, 9.17) is 9.47 Å². The van der Waals surface area contributed by atoms with E-state index in [-0.39, 0.29) is 30.5 Å². The molecule has 0 radical (unpaired) electrons. The molecular weight excluding hydrogens is 444 g/mol. The maximum absolute atomic E-state index is 12.8. The second-order valence-corrected chi connectivity index (χ2v) is 8.56. The van der Waals surface area contributed by atoms with E-state index >= 15 is 0 Å². The molecule has 1 fully saturated rings. The molecule has 0 unspecified atom stereocenters. The van der Waals surface area contributed by atoms with Crippen LogP contribution in [0.25, 0.3) is 0 Å². The van der Waals surface area contributed by atoms with Crippen LogP contribution in [0.5, 0.6) is 5.75 Å². The summed E-state index contributed by atoms with van der Waals surface area (Å²) >= 11 is 1.08. The van der Waals surface area contributed by atoms with Crippen molar-refractivity contribution in [3.05, 3.63) is 40.3 Å². The molecule has 0 aliphatic carbocycles. The molecule has 2 heterocycles. The molecule has 0 spiro atoms. The van der Waals surface area contributed by atoms with E-state index in [9.17, 15) is 14.4 Å². The summed E-state index contributed by atoms with van der Waals surface area (Å²) in [6.07, 6.45) is 0. The van der Waals surface area contributed by atoms with E-state index in [0.717, 1.165) is 35.9 Å². The molecule has 0 atom stereocenters. The lowest BCUT2D eigenvalue weighted by Crippen LogP contribution is -2.48. The van der Waals surface area contributed by atoms with E-state index in [2.05, 4.69) is 20.4 Å². The van der Waals surface area contributed by atoms with Gasteiger partial charge in [0.25, 0.3) is 5.91 Å². The summed E-state index contributed by atoms with van der Waals surface area (Å²) in [5, 5.41) is 5.72. The van der Waals surface area contributed by atoms with Crippen LogP contribution in [0.3, 0.4) is 0 Å².